The van der Waals surface area contributed by atoms with E-state index in [-0.39, 0.29) is 41.6 Å². The van der Waals surface area contributed by atoms with E-state index < -0.39 is 10.5 Å². The molecule has 2 aromatic heterocycles. The quantitative estimate of drug-likeness (QED) is 0.102. The number of benzene rings is 3. The van der Waals surface area contributed by atoms with Crippen LogP contribution in [0, 0.1) is 15.5 Å². The maximum atomic E-state index is 13.6. The number of rotatable bonds is 8. The van der Waals surface area contributed by atoms with Gasteiger partial charge in [0.05, 0.1) is 35.3 Å². The topological polar surface area (TPSA) is 122 Å². The fourth-order valence-electron chi connectivity index (χ4n) is 4.15. The molecule has 0 unspecified atom stereocenters. The zero-order valence-corrected chi connectivity index (χ0v) is 24.5. The Bertz CT molecular complexity index is 1870. The summed E-state index contributed by atoms with van der Waals surface area (Å²) >= 11 is 3.46. The number of para-hydroxylation sites is 1. The monoisotopic (exact) mass is 618 g/mol. The number of aromatic nitrogens is 2. The van der Waals surface area contributed by atoms with Crippen LogP contribution in [0.5, 0.6) is 11.5 Å². The Morgan fingerprint density at radius 1 is 1.12 bits per heavy atom. The van der Waals surface area contributed by atoms with Gasteiger partial charge in [-0.1, -0.05) is 48.8 Å². The molecule has 5 aromatic rings. The molecule has 0 aliphatic carbocycles. The lowest BCUT2D eigenvalue weighted by Crippen LogP contribution is -2.20. The van der Waals surface area contributed by atoms with Crippen LogP contribution < -0.4 is 15.0 Å². The fraction of sp³-hybridized carbons (Fsp3) is 0.233. The van der Waals surface area contributed by atoms with Crippen molar-refractivity contribution < 1.29 is 18.8 Å². The third kappa shape index (κ3) is 5.99. The van der Waals surface area contributed by atoms with E-state index in [1.807, 2.05) is 39.0 Å². The van der Waals surface area contributed by atoms with Gasteiger partial charge in [0.2, 0.25) is 11.6 Å². The van der Waals surface area contributed by atoms with E-state index in [4.69, 9.17) is 13.9 Å². The molecular formula is C30H27BrN4O6. The third-order valence-corrected chi connectivity index (χ3v) is 6.47. The molecule has 0 fully saturated rings. The molecule has 0 N–H and O–H groups in total. The van der Waals surface area contributed by atoms with Crippen molar-refractivity contribution in [2.45, 2.75) is 27.7 Å². The summed E-state index contributed by atoms with van der Waals surface area (Å²) in [6.45, 7) is 8.19. The van der Waals surface area contributed by atoms with Gasteiger partial charge < -0.3 is 13.9 Å². The van der Waals surface area contributed by atoms with Crippen LogP contribution in [0.3, 0.4) is 0 Å². The van der Waals surface area contributed by atoms with Crippen LogP contribution in [0.25, 0.3) is 33.5 Å². The Labute approximate surface area is 243 Å². The van der Waals surface area contributed by atoms with Crippen molar-refractivity contribution in [3.63, 3.8) is 0 Å². The molecule has 41 heavy (non-hydrogen) atoms. The van der Waals surface area contributed by atoms with E-state index in [0.717, 1.165) is 14.5 Å². The number of hydrogen-bond acceptors (Lipinski definition) is 8. The lowest BCUT2D eigenvalue weighted by Gasteiger charge is -2.20. The van der Waals surface area contributed by atoms with Crippen molar-refractivity contribution in [1.82, 2.24) is 9.66 Å². The Morgan fingerprint density at radius 3 is 2.63 bits per heavy atom. The molecule has 10 nitrogen and oxygen atoms in total. The fourth-order valence-corrected chi connectivity index (χ4v) is 4.53. The smallest absolute Gasteiger partial charge is 0.315 e. The summed E-state index contributed by atoms with van der Waals surface area (Å²) < 4.78 is 19.6. The average molecular weight is 619 g/mol. The summed E-state index contributed by atoms with van der Waals surface area (Å²) in [7, 11) is 0. The number of nitro benzene ring substituents is 1. The van der Waals surface area contributed by atoms with Crippen molar-refractivity contribution in [3.05, 3.63) is 91.2 Å². The number of furan rings is 1. The normalized spacial score (nSPS) is 11.9. The highest BCUT2D eigenvalue weighted by atomic mass is 79.9. The molecule has 3 aromatic carbocycles. The molecule has 2 heterocycles. The molecule has 0 aliphatic heterocycles. The number of halogens is 1. The van der Waals surface area contributed by atoms with E-state index in [2.05, 4.69) is 26.0 Å². The zero-order chi connectivity index (χ0) is 29.3. The van der Waals surface area contributed by atoms with E-state index in [0.29, 0.717) is 27.8 Å². The highest BCUT2D eigenvalue weighted by molar-refractivity contribution is 9.10. The molecule has 0 saturated carbocycles. The summed E-state index contributed by atoms with van der Waals surface area (Å²) in [4.78, 5) is 29.8. The van der Waals surface area contributed by atoms with Crippen molar-refractivity contribution in [2.75, 3.05) is 13.2 Å². The second-order valence-electron chi connectivity index (χ2n) is 10.5. The maximum Gasteiger partial charge on any atom is 0.315 e. The van der Waals surface area contributed by atoms with Gasteiger partial charge in [-0.3, -0.25) is 14.9 Å². The maximum absolute atomic E-state index is 13.6. The van der Waals surface area contributed by atoms with E-state index >= 15 is 0 Å². The summed E-state index contributed by atoms with van der Waals surface area (Å²) in [6, 6.07) is 17.2. The molecule has 0 atom stereocenters. The lowest BCUT2D eigenvalue weighted by atomic mass is 9.98. The predicted molar refractivity (Wildman–Crippen MR) is 161 cm³/mol. The van der Waals surface area contributed by atoms with Crippen LogP contribution in [0.1, 0.15) is 33.3 Å². The van der Waals surface area contributed by atoms with Gasteiger partial charge in [-0.2, -0.15) is 9.78 Å². The minimum Gasteiger partial charge on any atom is -0.490 e. The van der Waals surface area contributed by atoms with Crippen LogP contribution in [0.2, 0.25) is 0 Å². The number of hydrogen-bond donors (Lipinski definition) is 0. The first-order chi connectivity index (χ1) is 19.5. The molecule has 11 heteroatoms. The SMILES string of the molecule is CCOc1cc(C=Nn2c(-c3cc4cc(Br)ccc4o3)nc3ccccc3c2=O)cc([N+](=O)[O-])c1OCC(C)(C)C. The second kappa shape index (κ2) is 11.2. The van der Waals surface area contributed by atoms with Gasteiger partial charge in [0.25, 0.3) is 5.56 Å². The van der Waals surface area contributed by atoms with Gasteiger partial charge in [-0.25, -0.2) is 4.98 Å². The highest BCUT2D eigenvalue weighted by Gasteiger charge is 2.25. The number of nitrogens with zero attached hydrogens (tertiary/aromatic N) is 4. The Morgan fingerprint density at radius 2 is 1.90 bits per heavy atom. The number of nitro groups is 1. The number of fused-ring (bicyclic) bond motifs is 2. The molecule has 210 valence electrons. The van der Waals surface area contributed by atoms with E-state index in [1.165, 1.54) is 12.3 Å². The molecule has 5 rings (SSSR count). The van der Waals surface area contributed by atoms with Crippen molar-refractivity contribution in [1.29, 1.82) is 0 Å². The second-order valence-corrected chi connectivity index (χ2v) is 11.4. The summed E-state index contributed by atoms with van der Waals surface area (Å²) in [5, 5.41) is 17.6. The largest absolute Gasteiger partial charge is 0.490 e. The Balaban J connectivity index is 1.66. The summed E-state index contributed by atoms with van der Waals surface area (Å²) in [5.41, 5.74) is 0.508. The first-order valence-electron chi connectivity index (χ1n) is 12.9. The van der Waals surface area contributed by atoms with Crippen LogP contribution in [0.15, 0.2) is 79.4 Å². The van der Waals surface area contributed by atoms with Gasteiger partial charge in [0, 0.05) is 21.5 Å². The summed E-state index contributed by atoms with van der Waals surface area (Å²) in [5.74, 6) is 0.772. The van der Waals surface area contributed by atoms with Crippen molar-refractivity contribution >= 4 is 49.7 Å². The lowest BCUT2D eigenvalue weighted by molar-refractivity contribution is -0.386. The van der Waals surface area contributed by atoms with Gasteiger partial charge in [-0.05, 0) is 54.8 Å². The summed E-state index contributed by atoms with van der Waals surface area (Å²) in [6.07, 6.45) is 1.35. The van der Waals surface area contributed by atoms with Crippen LogP contribution >= 0.6 is 15.9 Å². The van der Waals surface area contributed by atoms with Crippen molar-refractivity contribution in [3.8, 4) is 23.1 Å². The van der Waals surface area contributed by atoms with Crippen LogP contribution in [0.4, 0.5) is 5.69 Å². The van der Waals surface area contributed by atoms with Crippen LogP contribution in [-0.4, -0.2) is 34.0 Å². The molecule has 0 amide bonds. The van der Waals surface area contributed by atoms with Gasteiger partial charge in [-0.15, -0.1) is 0 Å². The minimum atomic E-state index is -0.528. The minimum absolute atomic E-state index is 0.0441. The standard InChI is InChI=1S/C30H27BrN4O6/c1-5-39-25-13-18(12-23(35(37)38)27(25)40-17-30(2,3)4)16-32-34-28(33-22-9-7-6-8-21(22)29(34)36)26-15-19-14-20(31)10-11-24(19)41-26/h6-16H,5,17H2,1-4H3. The molecule has 0 saturated heterocycles. The number of ether oxygens (including phenoxy) is 2. The van der Waals surface area contributed by atoms with E-state index in [9.17, 15) is 14.9 Å². The Kier molecular flexibility index (Phi) is 7.63. The molecule has 0 bridgehead atoms. The van der Waals surface area contributed by atoms with Gasteiger partial charge in [0.15, 0.2) is 11.5 Å². The molecular weight excluding hydrogens is 592 g/mol. The first-order valence-corrected chi connectivity index (χ1v) is 13.7. The predicted octanol–water partition coefficient (Wildman–Crippen LogP) is 7.19. The van der Waals surface area contributed by atoms with E-state index in [1.54, 1.807) is 43.3 Å². The molecule has 0 spiro atoms. The third-order valence-electron chi connectivity index (χ3n) is 5.98. The van der Waals surface area contributed by atoms with Crippen LogP contribution in [-0.2, 0) is 0 Å². The molecule has 0 radical (unpaired) electrons. The first kappa shape index (κ1) is 28.0. The zero-order valence-electron chi connectivity index (χ0n) is 22.9. The van der Waals surface area contributed by atoms with Gasteiger partial charge in [0.1, 0.15) is 5.58 Å². The van der Waals surface area contributed by atoms with Crippen molar-refractivity contribution in [2.24, 2.45) is 10.5 Å². The average Bonchev–Trinajstić information content (AvgIpc) is 3.34. The highest BCUT2D eigenvalue weighted by Crippen LogP contribution is 2.39. The molecule has 0 aliphatic rings. The Hall–Kier alpha value is -4.51. The van der Waals surface area contributed by atoms with Gasteiger partial charge >= 0.3 is 5.69 Å².